The van der Waals surface area contributed by atoms with Crippen LogP contribution in [0.2, 0.25) is 0 Å². The van der Waals surface area contributed by atoms with Crippen LogP contribution in [0.4, 0.5) is 0 Å². The van der Waals surface area contributed by atoms with Crippen molar-refractivity contribution in [3.05, 3.63) is 30.4 Å². The van der Waals surface area contributed by atoms with Crippen LogP contribution in [0.1, 0.15) is 37.5 Å². The Balaban J connectivity index is 1.87. The van der Waals surface area contributed by atoms with Gasteiger partial charge in [-0.05, 0) is 25.0 Å². The van der Waals surface area contributed by atoms with Gasteiger partial charge in [0.05, 0.1) is 0 Å². The third kappa shape index (κ3) is 1.71. The summed E-state index contributed by atoms with van der Waals surface area (Å²) in [6.07, 6.45) is 8.39. The normalized spacial score (nSPS) is 16.8. The second-order valence-electron chi connectivity index (χ2n) is 4.18. The van der Waals surface area contributed by atoms with Gasteiger partial charge in [0, 0.05) is 23.9 Å². The first kappa shape index (κ1) is 9.51. The predicted octanol–water partition coefficient (Wildman–Crippen LogP) is 2.79. The lowest BCUT2D eigenvalue weighted by Gasteiger charge is -1.99. The summed E-state index contributed by atoms with van der Waals surface area (Å²) in [6.45, 7) is 0. The topological polar surface area (TPSA) is 51.8 Å². The van der Waals surface area contributed by atoms with Crippen molar-refractivity contribution in [1.29, 1.82) is 0 Å². The molecule has 0 bridgehead atoms. The van der Waals surface area contributed by atoms with Gasteiger partial charge >= 0.3 is 0 Å². The molecular formula is C12H13N3O. The molecule has 0 unspecified atom stereocenters. The van der Waals surface area contributed by atoms with Gasteiger partial charge in [-0.1, -0.05) is 18.0 Å². The van der Waals surface area contributed by atoms with Gasteiger partial charge in [-0.3, -0.25) is 4.98 Å². The van der Waals surface area contributed by atoms with Gasteiger partial charge in [0.1, 0.15) is 0 Å². The fourth-order valence-corrected chi connectivity index (χ4v) is 2.19. The Bertz CT molecular complexity index is 460. The fraction of sp³-hybridized carbons (Fsp3) is 0.417. The molecule has 1 aliphatic carbocycles. The van der Waals surface area contributed by atoms with Crippen LogP contribution in [0.15, 0.2) is 29.0 Å². The molecule has 0 spiro atoms. The van der Waals surface area contributed by atoms with Crippen LogP contribution in [0.3, 0.4) is 0 Å². The molecule has 0 atom stereocenters. The van der Waals surface area contributed by atoms with Crippen LogP contribution in [0, 0.1) is 0 Å². The third-order valence-corrected chi connectivity index (χ3v) is 3.07. The van der Waals surface area contributed by atoms with Gasteiger partial charge in [0.25, 0.3) is 0 Å². The van der Waals surface area contributed by atoms with E-state index in [0.29, 0.717) is 11.7 Å². The summed E-state index contributed by atoms with van der Waals surface area (Å²) >= 11 is 0. The average Bonchev–Trinajstić information content (AvgIpc) is 3.01. The van der Waals surface area contributed by atoms with Crippen LogP contribution in [0.5, 0.6) is 0 Å². The highest BCUT2D eigenvalue weighted by Gasteiger charge is 2.23. The quantitative estimate of drug-likeness (QED) is 0.772. The Hall–Kier alpha value is -1.71. The maximum absolute atomic E-state index is 5.31. The van der Waals surface area contributed by atoms with Crippen LogP contribution in [-0.2, 0) is 0 Å². The van der Waals surface area contributed by atoms with Gasteiger partial charge in [-0.15, -0.1) is 0 Å². The van der Waals surface area contributed by atoms with Gasteiger partial charge in [0.2, 0.25) is 11.7 Å². The fourth-order valence-electron chi connectivity index (χ4n) is 2.19. The first-order valence-electron chi connectivity index (χ1n) is 5.67. The zero-order chi connectivity index (χ0) is 10.8. The van der Waals surface area contributed by atoms with Gasteiger partial charge in [-0.25, -0.2) is 0 Å². The molecule has 1 fully saturated rings. The molecule has 0 saturated heterocycles. The van der Waals surface area contributed by atoms with E-state index in [0.717, 1.165) is 11.5 Å². The number of hydrogen-bond acceptors (Lipinski definition) is 4. The van der Waals surface area contributed by atoms with Gasteiger partial charge in [0.15, 0.2) is 0 Å². The van der Waals surface area contributed by atoms with Gasteiger partial charge < -0.3 is 4.52 Å². The van der Waals surface area contributed by atoms with Gasteiger partial charge in [-0.2, -0.15) is 4.98 Å². The molecule has 0 radical (unpaired) electrons. The molecule has 82 valence electrons. The molecule has 3 rings (SSSR count). The number of aromatic nitrogens is 3. The summed E-state index contributed by atoms with van der Waals surface area (Å²) in [6, 6.07) is 3.82. The van der Waals surface area contributed by atoms with E-state index in [1.54, 1.807) is 12.4 Å². The highest BCUT2D eigenvalue weighted by atomic mass is 16.5. The molecule has 16 heavy (non-hydrogen) atoms. The van der Waals surface area contributed by atoms with Crippen LogP contribution in [0.25, 0.3) is 11.4 Å². The first-order valence-corrected chi connectivity index (χ1v) is 5.67. The Morgan fingerprint density at radius 3 is 2.88 bits per heavy atom. The Morgan fingerprint density at radius 2 is 2.12 bits per heavy atom. The molecule has 0 aromatic carbocycles. The van der Waals surface area contributed by atoms with Crippen molar-refractivity contribution in [2.45, 2.75) is 31.6 Å². The third-order valence-electron chi connectivity index (χ3n) is 3.07. The Kier molecular flexibility index (Phi) is 2.40. The standard InChI is InChI=1S/C12H13N3O/c1-2-5-9(4-1)12-14-11(15-16-12)10-6-3-7-13-8-10/h3,6-9H,1-2,4-5H2. The van der Waals surface area contributed by atoms with E-state index in [2.05, 4.69) is 15.1 Å². The van der Waals surface area contributed by atoms with E-state index in [1.807, 2.05) is 12.1 Å². The summed E-state index contributed by atoms with van der Waals surface area (Å²) in [7, 11) is 0. The molecule has 1 aliphatic rings. The molecule has 2 aromatic heterocycles. The van der Waals surface area contributed by atoms with E-state index in [-0.39, 0.29) is 0 Å². The van der Waals surface area contributed by atoms with E-state index in [9.17, 15) is 0 Å². The van der Waals surface area contributed by atoms with Crippen LogP contribution in [-0.4, -0.2) is 15.1 Å². The first-order chi connectivity index (χ1) is 7.93. The Labute approximate surface area is 93.7 Å². The number of rotatable bonds is 2. The van der Waals surface area contributed by atoms with E-state index in [1.165, 1.54) is 25.7 Å². The minimum atomic E-state index is 0.470. The minimum absolute atomic E-state index is 0.470. The van der Waals surface area contributed by atoms with Crippen molar-refractivity contribution in [3.63, 3.8) is 0 Å². The second kappa shape index (κ2) is 4.04. The number of nitrogens with zero attached hydrogens (tertiary/aromatic N) is 3. The van der Waals surface area contributed by atoms with Crippen LogP contribution < -0.4 is 0 Å². The summed E-state index contributed by atoms with van der Waals surface area (Å²) in [5, 5.41) is 4.00. The zero-order valence-corrected chi connectivity index (χ0v) is 8.97. The average molecular weight is 215 g/mol. The lowest BCUT2D eigenvalue weighted by molar-refractivity contribution is 0.354. The highest BCUT2D eigenvalue weighted by Crippen LogP contribution is 2.33. The maximum atomic E-state index is 5.31. The molecular weight excluding hydrogens is 202 g/mol. The van der Waals surface area contributed by atoms with Crippen molar-refractivity contribution >= 4 is 0 Å². The van der Waals surface area contributed by atoms with Crippen molar-refractivity contribution in [1.82, 2.24) is 15.1 Å². The summed E-state index contributed by atoms with van der Waals surface area (Å²) in [5.41, 5.74) is 0.912. The highest BCUT2D eigenvalue weighted by molar-refractivity contribution is 5.51. The zero-order valence-electron chi connectivity index (χ0n) is 8.97. The monoisotopic (exact) mass is 215 g/mol. The molecule has 1 saturated carbocycles. The predicted molar refractivity (Wildman–Crippen MR) is 58.7 cm³/mol. The number of pyridine rings is 1. The van der Waals surface area contributed by atoms with Crippen molar-refractivity contribution < 1.29 is 4.52 Å². The Morgan fingerprint density at radius 1 is 1.25 bits per heavy atom. The lowest BCUT2D eigenvalue weighted by atomic mass is 10.1. The van der Waals surface area contributed by atoms with Crippen molar-refractivity contribution in [2.75, 3.05) is 0 Å². The summed E-state index contributed by atoms with van der Waals surface area (Å²) in [4.78, 5) is 8.49. The summed E-state index contributed by atoms with van der Waals surface area (Å²) in [5.74, 6) is 1.91. The molecule has 0 aliphatic heterocycles. The van der Waals surface area contributed by atoms with Crippen molar-refractivity contribution in [2.24, 2.45) is 0 Å². The van der Waals surface area contributed by atoms with Crippen molar-refractivity contribution in [3.8, 4) is 11.4 Å². The minimum Gasteiger partial charge on any atom is -0.339 e. The number of hydrogen-bond donors (Lipinski definition) is 0. The SMILES string of the molecule is c1cncc(-c2noc(C3CCCC3)n2)c1. The van der Waals surface area contributed by atoms with E-state index < -0.39 is 0 Å². The lowest BCUT2D eigenvalue weighted by Crippen LogP contribution is -1.91. The maximum Gasteiger partial charge on any atom is 0.230 e. The molecule has 4 nitrogen and oxygen atoms in total. The van der Waals surface area contributed by atoms with E-state index in [4.69, 9.17) is 4.52 Å². The van der Waals surface area contributed by atoms with Crippen LogP contribution >= 0.6 is 0 Å². The molecule has 0 N–H and O–H groups in total. The van der Waals surface area contributed by atoms with E-state index >= 15 is 0 Å². The molecule has 4 heteroatoms. The second-order valence-corrected chi connectivity index (χ2v) is 4.18. The molecule has 2 heterocycles. The summed E-state index contributed by atoms with van der Waals surface area (Å²) < 4.78 is 5.31. The largest absolute Gasteiger partial charge is 0.339 e. The molecule has 0 amide bonds. The smallest absolute Gasteiger partial charge is 0.230 e. The molecule has 2 aromatic rings.